The molecule has 5 aliphatic carbocycles. The Morgan fingerprint density at radius 2 is 1.26 bits per heavy atom. The van der Waals surface area contributed by atoms with Crippen LogP contribution in [0, 0.1) is 35.5 Å². The minimum Gasteiger partial charge on any atom is -0.393 e. The summed E-state index contributed by atoms with van der Waals surface area (Å²) in [4.78, 5) is 23.9. The minimum atomic E-state index is -0.266. The zero-order chi connectivity index (χ0) is 12.7. The summed E-state index contributed by atoms with van der Waals surface area (Å²) in [5.41, 5.74) is 3.25. The lowest BCUT2D eigenvalue weighted by Gasteiger charge is -2.58. The SMILES string of the molecule is O=C1OC(=O)[C@H]2[C@@H]3C=C[C@H]([C@@H]12)[C@@H]1C2=C(CCCC2)[C@H]31. The summed E-state index contributed by atoms with van der Waals surface area (Å²) >= 11 is 0. The van der Waals surface area contributed by atoms with Gasteiger partial charge in [-0.2, -0.15) is 0 Å². The normalized spacial score (nSPS) is 49.5. The molecule has 0 amide bonds. The van der Waals surface area contributed by atoms with E-state index in [1.807, 2.05) is 0 Å². The molecule has 6 atom stereocenters. The Labute approximate surface area is 111 Å². The fraction of sp³-hybridized carbons (Fsp3) is 0.625. The standard InChI is InChI=1S/C16H16O3/c17-15-13-9-5-6-10(14(13)16(18)19-15)12-8-4-2-1-3-7(8)11(9)12/h5-6,9-14H,1-4H2/t9-,10+,11-,12+,13+,14-. The van der Waals surface area contributed by atoms with E-state index >= 15 is 0 Å². The Morgan fingerprint density at radius 1 is 0.789 bits per heavy atom. The van der Waals surface area contributed by atoms with E-state index in [4.69, 9.17) is 4.74 Å². The van der Waals surface area contributed by atoms with Gasteiger partial charge in [0.05, 0.1) is 11.8 Å². The van der Waals surface area contributed by atoms with Crippen LogP contribution in [0.2, 0.25) is 0 Å². The van der Waals surface area contributed by atoms with Crippen molar-refractivity contribution < 1.29 is 14.3 Å². The lowest BCUT2D eigenvalue weighted by atomic mass is 9.44. The monoisotopic (exact) mass is 256 g/mol. The molecule has 0 aromatic carbocycles. The number of esters is 2. The van der Waals surface area contributed by atoms with Crippen molar-refractivity contribution in [2.45, 2.75) is 25.7 Å². The molecule has 0 N–H and O–H groups in total. The van der Waals surface area contributed by atoms with Gasteiger partial charge in [-0.3, -0.25) is 9.59 Å². The first kappa shape index (κ1) is 10.4. The van der Waals surface area contributed by atoms with Crippen molar-refractivity contribution in [2.24, 2.45) is 35.5 Å². The Balaban J connectivity index is 1.64. The van der Waals surface area contributed by atoms with Crippen LogP contribution in [0.1, 0.15) is 25.7 Å². The number of carbonyl (C=O) groups is 2. The molecular weight excluding hydrogens is 240 g/mol. The summed E-state index contributed by atoms with van der Waals surface area (Å²) < 4.78 is 4.93. The molecule has 1 saturated heterocycles. The highest BCUT2D eigenvalue weighted by Gasteiger charge is 2.65. The van der Waals surface area contributed by atoms with Gasteiger partial charge in [0.1, 0.15) is 0 Å². The Kier molecular flexibility index (Phi) is 1.75. The molecular formula is C16H16O3. The van der Waals surface area contributed by atoms with Gasteiger partial charge in [-0.05, 0) is 49.4 Å². The van der Waals surface area contributed by atoms with E-state index in [9.17, 15) is 9.59 Å². The molecule has 1 heterocycles. The van der Waals surface area contributed by atoms with Crippen molar-refractivity contribution >= 4 is 11.9 Å². The molecule has 3 heteroatoms. The number of carbonyl (C=O) groups excluding carboxylic acids is 2. The predicted octanol–water partition coefficient (Wildman–Crippen LogP) is 2.23. The van der Waals surface area contributed by atoms with E-state index in [-0.39, 0.29) is 35.6 Å². The molecule has 19 heavy (non-hydrogen) atoms. The number of hydrogen-bond acceptors (Lipinski definition) is 3. The second-order valence-electron chi connectivity index (χ2n) is 6.64. The predicted molar refractivity (Wildman–Crippen MR) is 66.7 cm³/mol. The minimum absolute atomic E-state index is 0.181. The van der Waals surface area contributed by atoms with Gasteiger partial charge in [-0.1, -0.05) is 23.3 Å². The third-order valence-electron chi connectivity index (χ3n) is 6.09. The van der Waals surface area contributed by atoms with E-state index in [1.54, 1.807) is 11.1 Å². The van der Waals surface area contributed by atoms with Gasteiger partial charge in [0.2, 0.25) is 0 Å². The summed E-state index contributed by atoms with van der Waals surface area (Å²) in [7, 11) is 0. The summed E-state index contributed by atoms with van der Waals surface area (Å²) in [6.07, 6.45) is 9.42. The lowest BCUT2D eigenvalue weighted by Crippen LogP contribution is -2.55. The first-order chi connectivity index (χ1) is 9.27. The summed E-state index contributed by atoms with van der Waals surface area (Å²) in [6, 6.07) is 0. The van der Waals surface area contributed by atoms with Crippen LogP contribution < -0.4 is 0 Å². The number of hydrogen-bond donors (Lipinski definition) is 0. The van der Waals surface area contributed by atoms with Crippen LogP contribution in [-0.4, -0.2) is 11.9 Å². The van der Waals surface area contributed by atoms with Crippen LogP contribution in [0.4, 0.5) is 0 Å². The highest BCUT2D eigenvalue weighted by atomic mass is 16.6. The largest absolute Gasteiger partial charge is 0.393 e. The lowest BCUT2D eigenvalue weighted by molar-refractivity contribution is -0.154. The van der Waals surface area contributed by atoms with Crippen LogP contribution in [0.5, 0.6) is 0 Å². The topological polar surface area (TPSA) is 43.4 Å². The van der Waals surface area contributed by atoms with Crippen LogP contribution >= 0.6 is 0 Å². The molecule has 98 valence electrons. The van der Waals surface area contributed by atoms with E-state index in [0.29, 0.717) is 11.8 Å². The molecule has 0 unspecified atom stereocenters. The van der Waals surface area contributed by atoms with E-state index in [2.05, 4.69) is 12.2 Å². The fourth-order valence-corrected chi connectivity index (χ4v) is 5.50. The van der Waals surface area contributed by atoms with Crippen molar-refractivity contribution in [2.75, 3.05) is 0 Å². The second-order valence-corrected chi connectivity index (χ2v) is 6.64. The number of cyclic esters (lactones) is 2. The van der Waals surface area contributed by atoms with Gasteiger partial charge in [-0.25, -0.2) is 0 Å². The molecule has 2 bridgehead atoms. The molecule has 2 fully saturated rings. The highest BCUT2D eigenvalue weighted by molar-refractivity contribution is 5.98. The molecule has 6 aliphatic rings. The third kappa shape index (κ3) is 1.03. The van der Waals surface area contributed by atoms with Gasteiger partial charge in [-0.15, -0.1) is 0 Å². The maximum absolute atomic E-state index is 12.0. The molecule has 0 aromatic heterocycles. The maximum atomic E-state index is 12.0. The molecule has 6 rings (SSSR count). The van der Waals surface area contributed by atoms with Gasteiger partial charge in [0, 0.05) is 0 Å². The van der Waals surface area contributed by atoms with Gasteiger partial charge in [0.15, 0.2) is 0 Å². The first-order valence-electron chi connectivity index (χ1n) is 7.43. The Bertz CT molecular complexity index is 523. The van der Waals surface area contributed by atoms with Crippen LogP contribution in [-0.2, 0) is 14.3 Å². The van der Waals surface area contributed by atoms with Crippen molar-refractivity contribution in [1.82, 2.24) is 0 Å². The maximum Gasteiger partial charge on any atom is 0.318 e. The van der Waals surface area contributed by atoms with Crippen molar-refractivity contribution in [1.29, 1.82) is 0 Å². The summed E-state index contributed by atoms with van der Waals surface area (Å²) in [6.45, 7) is 0. The first-order valence-corrected chi connectivity index (χ1v) is 7.43. The average molecular weight is 256 g/mol. The highest BCUT2D eigenvalue weighted by Crippen LogP contribution is 2.65. The van der Waals surface area contributed by atoms with Gasteiger partial charge in [0.25, 0.3) is 0 Å². The molecule has 1 aliphatic heterocycles. The van der Waals surface area contributed by atoms with Crippen molar-refractivity contribution in [3.8, 4) is 0 Å². The van der Waals surface area contributed by atoms with E-state index in [1.165, 1.54) is 25.7 Å². The zero-order valence-corrected chi connectivity index (χ0v) is 10.7. The van der Waals surface area contributed by atoms with Gasteiger partial charge < -0.3 is 4.74 Å². The molecule has 0 spiro atoms. The van der Waals surface area contributed by atoms with Crippen LogP contribution in [0.15, 0.2) is 23.3 Å². The number of rotatable bonds is 0. The van der Waals surface area contributed by atoms with E-state index in [0.717, 1.165) is 0 Å². The quantitative estimate of drug-likeness (QED) is 0.379. The third-order valence-corrected chi connectivity index (χ3v) is 6.09. The smallest absolute Gasteiger partial charge is 0.318 e. The second kappa shape index (κ2) is 3.20. The van der Waals surface area contributed by atoms with Gasteiger partial charge >= 0.3 is 11.9 Å². The number of allylic oxidation sites excluding steroid dienone is 4. The van der Waals surface area contributed by atoms with Crippen molar-refractivity contribution in [3.05, 3.63) is 23.3 Å². The number of ether oxygens (including phenoxy) is 1. The summed E-state index contributed by atoms with van der Waals surface area (Å²) in [5.74, 6) is 0.663. The zero-order valence-electron chi connectivity index (χ0n) is 10.7. The van der Waals surface area contributed by atoms with E-state index < -0.39 is 0 Å². The molecule has 0 radical (unpaired) electrons. The molecule has 1 saturated carbocycles. The average Bonchev–Trinajstić information content (AvgIpc) is 2.72. The van der Waals surface area contributed by atoms with Crippen LogP contribution in [0.25, 0.3) is 0 Å². The Hall–Kier alpha value is -1.38. The summed E-state index contributed by atoms with van der Waals surface area (Å²) in [5, 5.41) is 0. The Morgan fingerprint density at radius 3 is 1.74 bits per heavy atom. The fourth-order valence-electron chi connectivity index (χ4n) is 5.50. The molecule has 3 nitrogen and oxygen atoms in total. The van der Waals surface area contributed by atoms with Crippen molar-refractivity contribution in [3.63, 3.8) is 0 Å². The molecule has 0 aromatic rings. The van der Waals surface area contributed by atoms with Crippen LogP contribution in [0.3, 0.4) is 0 Å².